The number of aryl methyl sites for hydroxylation is 1. The number of rotatable bonds is 4. The molecule has 1 aromatic carbocycles. The van der Waals surface area contributed by atoms with Gasteiger partial charge in [0.25, 0.3) is 5.91 Å². The van der Waals surface area contributed by atoms with E-state index in [1.807, 2.05) is 24.3 Å². The second kappa shape index (κ2) is 9.35. The average Bonchev–Trinajstić information content (AvgIpc) is 3.09. The van der Waals surface area contributed by atoms with E-state index in [9.17, 15) is 4.79 Å². The van der Waals surface area contributed by atoms with Crippen molar-refractivity contribution >= 4 is 35.9 Å². The number of nitrogens with one attached hydrogen (secondary N) is 2. The van der Waals surface area contributed by atoms with Gasteiger partial charge in [-0.1, -0.05) is 23.7 Å². The van der Waals surface area contributed by atoms with Gasteiger partial charge < -0.3 is 5.32 Å². The van der Waals surface area contributed by atoms with E-state index >= 15 is 0 Å². The average molecular weight is 433 g/mol. The Balaban J connectivity index is 0.00000240. The van der Waals surface area contributed by atoms with Crippen molar-refractivity contribution in [3.05, 3.63) is 59.1 Å². The number of hydrogen-bond donors (Lipinski definition) is 2. The predicted molar refractivity (Wildman–Crippen MR) is 116 cm³/mol. The van der Waals surface area contributed by atoms with Crippen molar-refractivity contribution in [3.63, 3.8) is 0 Å². The molecule has 0 unspecified atom stereocenters. The molecule has 29 heavy (non-hydrogen) atoms. The van der Waals surface area contributed by atoms with Crippen LogP contribution in [-0.2, 0) is 7.05 Å². The molecule has 4 rings (SSSR count). The fraction of sp³-hybridized carbons (Fsp3) is 0.300. The molecule has 1 amide bonds. The zero-order chi connectivity index (χ0) is 19.5. The van der Waals surface area contributed by atoms with Gasteiger partial charge >= 0.3 is 0 Å². The first-order chi connectivity index (χ1) is 13.6. The summed E-state index contributed by atoms with van der Waals surface area (Å²) in [5, 5.41) is 11.3. The predicted octanol–water partition coefficient (Wildman–Crippen LogP) is 3.67. The minimum atomic E-state index is -0.268. The van der Waals surface area contributed by atoms with E-state index in [0.29, 0.717) is 22.5 Å². The minimum Gasteiger partial charge on any atom is -0.317 e. The first-order valence-corrected chi connectivity index (χ1v) is 9.62. The zero-order valence-electron chi connectivity index (χ0n) is 15.9. The number of pyridine rings is 1. The largest absolute Gasteiger partial charge is 0.317 e. The van der Waals surface area contributed by atoms with E-state index < -0.39 is 0 Å². The van der Waals surface area contributed by atoms with Gasteiger partial charge in [-0.2, -0.15) is 10.1 Å². The number of nitrogens with zero attached hydrogens (tertiary/aromatic N) is 4. The summed E-state index contributed by atoms with van der Waals surface area (Å²) >= 11 is 5.95. The van der Waals surface area contributed by atoms with Gasteiger partial charge in [0.15, 0.2) is 5.82 Å². The Morgan fingerprint density at radius 1 is 1.17 bits per heavy atom. The van der Waals surface area contributed by atoms with Crippen molar-refractivity contribution in [2.24, 2.45) is 7.05 Å². The van der Waals surface area contributed by atoms with E-state index in [1.165, 1.54) is 0 Å². The first kappa shape index (κ1) is 21.2. The van der Waals surface area contributed by atoms with Gasteiger partial charge in [0.05, 0.1) is 5.56 Å². The molecule has 152 valence electrons. The molecule has 2 aromatic heterocycles. The van der Waals surface area contributed by atoms with Gasteiger partial charge in [0.2, 0.25) is 5.95 Å². The molecule has 0 bridgehead atoms. The maximum absolute atomic E-state index is 12.7. The lowest BCUT2D eigenvalue weighted by Crippen LogP contribution is -2.27. The van der Waals surface area contributed by atoms with Gasteiger partial charge in [0.1, 0.15) is 0 Å². The molecule has 1 fully saturated rings. The molecule has 1 aliphatic rings. The van der Waals surface area contributed by atoms with E-state index in [2.05, 4.69) is 25.7 Å². The Morgan fingerprint density at radius 2 is 1.90 bits per heavy atom. The Kier molecular flexibility index (Phi) is 6.84. The molecule has 7 nitrogen and oxygen atoms in total. The number of piperidine rings is 1. The second-order valence-electron chi connectivity index (χ2n) is 6.86. The number of halogens is 2. The summed E-state index contributed by atoms with van der Waals surface area (Å²) in [7, 11) is 1.79. The van der Waals surface area contributed by atoms with Crippen LogP contribution in [0.3, 0.4) is 0 Å². The summed E-state index contributed by atoms with van der Waals surface area (Å²) in [6.45, 7) is 1.93. The number of anilines is 1. The van der Waals surface area contributed by atoms with Crippen LogP contribution < -0.4 is 10.6 Å². The number of benzene rings is 1. The number of carbonyl (C=O) groups excluding carboxylic acids is 1. The first-order valence-electron chi connectivity index (χ1n) is 9.24. The SMILES string of the molecule is Cl.Cn1nc(C2CCNCC2)nc1NC(=O)c1cncc(-c2ccc(Cl)cc2)c1. The third-order valence-electron chi connectivity index (χ3n) is 4.89. The van der Waals surface area contributed by atoms with Crippen molar-refractivity contribution < 1.29 is 4.79 Å². The third-order valence-corrected chi connectivity index (χ3v) is 5.14. The Bertz CT molecular complexity index is 983. The molecule has 1 aliphatic heterocycles. The lowest BCUT2D eigenvalue weighted by atomic mass is 9.98. The maximum atomic E-state index is 12.7. The lowest BCUT2D eigenvalue weighted by Gasteiger charge is -2.19. The topological polar surface area (TPSA) is 84.7 Å². The smallest absolute Gasteiger partial charge is 0.259 e. The molecule has 2 N–H and O–H groups in total. The maximum Gasteiger partial charge on any atom is 0.259 e. The number of amides is 1. The van der Waals surface area contributed by atoms with Crippen molar-refractivity contribution in [1.29, 1.82) is 0 Å². The molecular weight excluding hydrogens is 411 g/mol. The van der Waals surface area contributed by atoms with Crippen LogP contribution in [0.5, 0.6) is 0 Å². The standard InChI is InChI=1S/C20H21ClN6O.ClH/c1-27-20(24-18(26-27)14-6-8-22-9-7-14)25-19(28)16-10-15(11-23-12-16)13-2-4-17(21)5-3-13;/h2-5,10-12,14,22H,6-9H2,1H3,(H,24,25,26,28);1H. The molecule has 0 radical (unpaired) electrons. The number of aromatic nitrogens is 4. The van der Waals surface area contributed by atoms with Gasteiger partial charge in [-0.15, -0.1) is 12.4 Å². The molecule has 0 spiro atoms. The molecular formula is C20H22Cl2N6O. The highest BCUT2D eigenvalue weighted by molar-refractivity contribution is 6.30. The van der Waals surface area contributed by atoms with Crippen LogP contribution in [0.25, 0.3) is 11.1 Å². The van der Waals surface area contributed by atoms with Crippen LogP contribution in [0.2, 0.25) is 5.02 Å². The molecule has 9 heteroatoms. The third kappa shape index (κ3) is 4.93. The summed E-state index contributed by atoms with van der Waals surface area (Å²) in [4.78, 5) is 21.5. The monoisotopic (exact) mass is 432 g/mol. The van der Waals surface area contributed by atoms with Gasteiger partial charge in [-0.3, -0.25) is 15.1 Å². The lowest BCUT2D eigenvalue weighted by molar-refractivity contribution is 0.102. The van der Waals surface area contributed by atoms with Gasteiger partial charge in [0, 0.05) is 35.9 Å². The highest BCUT2D eigenvalue weighted by atomic mass is 35.5. The number of carbonyl (C=O) groups is 1. The zero-order valence-corrected chi connectivity index (χ0v) is 17.5. The van der Waals surface area contributed by atoms with E-state index in [0.717, 1.165) is 42.9 Å². The van der Waals surface area contributed by atoms with Crippen molar-refractivity contribution in [2.75, 3.05) is 18.4 Å². The van der Waals surface area contributed by atoms with Crippen LogP contribution in [-0.4, -0.2) is 38.7 Å². The highest BCUT2D eigenvalue weighted by Gasteiger charge is 2.21. The van der Waals surface area contributed by atoms with E-state index in [1.54, 1.807) is 30.2 Å². The van der Waals surface area contributed by atoms with Crippen LogP contribution in [0, 0.1) is 0 Å². The van der Waals surface area contributed by atoms with Crippen LogP contribution >= 0.6 is 24.0 Å². The van der Waals surface area contributed by atoms with Crippen LogP contribution in [0.1, 0.15) is 34.9 Å². The van der Waals surface area contributed by atoms with E-state index in [4.69, 9.17) is 11.6 Å². The highest BCUT2D eigenvalue weighted by Crippen LogP contribution is 2.24. The molecule has 0 aliphatic carbocycles. The van der Waals surface area contributed by atoms with Gasteiger partial charge in [-0.25, -0.2) is 4.68 Å². The quantitative estimate of drug-likeness (QED) is 0.656. The van der Waals surface area contributed by atoms with Crippen LogP contribution in [0.15, 0.2) is 42.7 Å². The van der Waals surface area contributed by atoms with E-state index in [-0.39, 0.29) is 18.3 Å². The molecule has 3 aromatic rings. The van der Waals surface area contributed by atoms with Crippen LogP contribution in [0.4, 0.5) is 5.95 Å². The molecule has 1 saturated heterocycles. The Labute approximate surface area is 180 Å². The Hall–Kier alpha value is -2.48. The summed E-state index contributed by atoms with van der Waals surface area (Å²) < 4.78 is 1.62. The normalized spacial score (nSPS) is 14.3. The fourth-order valence-electron chi connectivity index (χ4n) is 3.30. The summed E-state index contributed by atoms with van der Waals surface area (Å²) in [5.41, 5.74) is 2.25. The van der Waals surface area contributed by atoms with Gasteiger partial charge in [-0.05, 0) is 49.7 Å². The van der Waals surface area contributed by atoms with Crippen molar-refractivity contribution in [2.45, 2.75) is 18.8 Å². The summed E-state index contributed by atoms with van der Waals surface area (Å²) in [6, 6.07) is 9.22. The molecule has 3 heterocycles. The Morgan fingerprint density at radius 3 is 2.62 bits per heavy atom. The molecule has 0 atom stereocenters. The summed E-state index contributed by atoms with van der Waals surface area (Å²) in [6.07, 6.45) is 5.27. The summed E-state index contributed by atoms with van der Waals surface area (Å²) in [5.74, 6) is 1.28. The minimum absolute atomic E-state index is 0. The fourth-order valence-corrected chi connectivity index (χ4v) is 3.43. The van der Waals surface area contributed by atoms with Crippen molar-refractivity contribution in [1.82, 2.24) is 25.1 Å². The second-order valence-corrected chi connectivity index (χ2v) is 7.30. The van der Waals surface area contributed by atoms with Crippen molar-refractivity contribution in [3.8, 4) is 11.1 Å². The molecule has 0 saturated carbocycles. The number of hydrogen-bond acceptors (Lipinski definition) is 5.